The summed E-state index contributed by atoms with van der Waals surface area (Å²) in [6.07, 6.45) is 1.31. The molecule has 0 saturated heterocycles. The van der Waals surface area contributed by atoms with Gasteiger partial charge >= 0.3 is 0 Å². The summed E-state index contributed by atoms with van der Waals surface area (Å²) in [7, 11) is 0. The minimum absolute atomic E-state index is 0.0974. The molecule has 0 aliphatic carbocycles. The Balaban J connectivity index is 1.72. The second-order valence-electron chi connectivity index (χ2n) is 5.91. The Bertz CT molecular complexity index is 925. The Morgan fingerprint density at radius 2 is 2.16 bits per heavy atom. The fourth-order valence-corrected chi connectivity index (χ4v) is 4.12. The van der Waals surface area contributed by atoms with Crippen molar-refractivity contribution in [3.63, 3.8) is 0 Å². The summed E-state index contributed by atoms with van der Waals surface area (Å²) in [6.45, 7) is 2.23. The van der Waals surface area contributed by atoms with Crippen molar-refractivity contribution < 1.29 is 14.6 Å². The third-order valence-electron chi connectivity index (χ3n) is 4.07. The van der Waals surface area contributed by atoms with Gasteiger partial charge in [-0.15, -0.1) is 11.3 Å². The van der Waals surface area contributed by atoms with Gasteiger partial charge in [-0.3, -0.25) is 0 Å². The van der Waals surface area contributed by atoms with Crippen molar-refractivity contribution in [1.29, 1.82) is 0 Å². The highest BCUT2D eigenvalue weighted by Crippen LogP contribution is 2.43. The Labute approximate surface area is 154 Å². The van der Waals surface area contributed by atoms with Crippen LogP contribution < -0.4 is 9.47 Å². The van der Waals surface area contributed by atoms with Gasteiger partial charge in [0, 0.05) is 27.2 Å². The summed E-state index contributed by atoms with van der Waals surface area (Å²) >= 11 is 8.03. The maximum absolute atomic E-state index is 9.23. The van der Waals surface area contributed by atoms with Crippen LogP contribution in [0, 0.1) is 6.92 Å². The van der Waals surface area contributed by atoms with Gasteiger partial charge in [0.1, 0.15) is 6.61 Å². The zero-order valence-electron chi connectivity index (χ0n) is 13.5. The van der Waals surface area contributed by atoms with Crippen molar-refractivity contribution in [2.24, 2.45) is 0 Å². The minimum Gasteiger partial charge on any atom is -0.483 e. The molecule has 6 heteroatoms. The van der Waals surface area contributed by atoms with E-state index in [0.29, 0.717) is 18.2 Å². The first-order valence-corrected chi connectivity index (χ1v) is 9.16. The molecule has 0 amide bonds. The average Bonchev–Trinajstić information content (AvgIpc) is 3.10. The van der Waals surface area contributed by atoms with Crippen molar-refractivity contribution in [3.8, 4) is 33.2 Å². The molecule has 1 aromatic carbocycles. The molecular weight excluding hydrogens is 358 g/mol. The Morgan fingerprint density at radius 1 is 1.28 bits per heavy atom. The molecule has 1 aliphatic rings. The van der Waals surface area contributed by atoms with Gasteiger partial charge in [0.25, 0.3) is 5.88 Å². The van der Waals surface area contributed by atoms with Gasteiger partial charge in [0.2, 0.25) is 0 Å². The van der Waals surface area contributed by atoms with Gasteiger partial charge in [0.15, 0.2) is 11.9 Å². The molecule has 1 N–H and O–H groups in total. The Morgan fingerprint density at radius 3 is 2.96 bits per heavy atom. The molecule has 4 rings (SSSR count). The molecule has 1 aliphatic heterocycles. The lowest BCUT2D eigenvalue weighted by molar-refractivity contribution is 0.0415. The summed E-state index contributed by atoms with van der Waals surface area (Å²) in [5.41, 5.74) is 4.11. The number of aryl methyl sites for hydroxylation is 1. The van der Waals surface area contributed by atoms with E-state index in [9.17, 15) is 5.11 Å². The molecular formula is C19H16ClNO3S. The average molecular weight is 374 g/mol. The second-order valence-corrected chi connectivity index (χ2v) is 7.23. The third-order valence-corrected chi connectivity index (χ3v) is 5.34. The van der Waals surface area contributed by atoms with Gasteiger partial charge in [-0.05, 0) is 41.6 Å². The van der Waals surface area contributed by atoms with Gasteiger partial charge in [-0.25, -0.2) is 4.98 Å². The summed E-state index contributed by atoms with van der Waals surface area (Å²) in [5.74, 6) is 1.04. The van der Waals surface area contributed by atoms with E-state index in [1.807, 2.05) is 25.1 Å². The van der Waals surface area contributed by atoms with E-state index in [2.05, 4.69) is 22.5 Å². The fourth-order valence-electron chi connectivity index (χ4n) is 2.78. The number of pyridine rings is 1. The number of hydrogen-bond acceptors (Lipinski definition) is 5. The van der Waals surface area contributed by atoms with E-state index in [1.165, 1.54) is 0 Å². The van der Waals surface area contributed by atoms with Crippen LogP contribution in [0.25, 0.3) is 21.6 Å². The highest BCUT2D eigenvalue weighted by molar-refractivity contribution is 7.14. The highest BCUT2D eigenvalue weighted by Gasteiger charge is 2.25. The largest absolute Gasteiger partial charge is 0.483 e. The van der Waals surface area contributed by atoms with Gasteiger partial charge in [0.05, 0.1) is 6.61 Å². The van der Waals surface area contributed by atoms with Crippen LogP contribution in [0.2, 0.25) is 5.02 Å². The van der Waals surface area contributed by atoms with Crippen molar-refractivity contribution in [1.82, 2.24) is 4.98 Å². The third kappa shape index (κ3) is 3.11. The molecule has 0 bridgehead atoms. The van der Waals surface area contributed by atoms with Crippen molar-refractivity contribution in [2.75, 3.05) is 13.2 Å². The van der Waals surface area contributed by atoms with E-state index >= 15 is 0 Å². The van der Waals surface area contributed by atoms with Crippen LogP contribution in [0.4, 0.5) is 0 Å². The van der Waals surface area contributed by atoms with Crippen molar-refractivity contribution in [2.45, 2.75) is 13.0 Å². The van der Waals surface area contributed by atoms with Crippen LogP contribution in [0.1, 0.15) is 5.56 Å². The van der Waals surface area contributed by atoms with Crippen molar-refractivity contribution in [3.05, 3.63) is 52.5 Å². The molecule has 128 valence electrons. The van der Waals surface area contributed by atoms with Crippen LogP contribution in [0.15, 0.2) is 41.9 Å². The number of benzene rings is 1. The number of rotatable bonds is 3. The highest BCUT2D eigenvalue weighted by atomic mass is 35.5. The Kier molecular flexibility index (Phi) is 4.37. The number of aromatic nitrogens is 1. The molecule has 4 nitrogen and oxygen atoms in total. The maximum atomic E-state index is 9.23. The van der Waals surface area contributed by atoms with Crippen LogP contribution >= 0.6 is 22.9 Å². The lowest BCUT2D eigenvalue weighted by atomic mass is 10.1. The molecule has 0 spiro atoms. The molecule has 0 saturated carbocycles. The molecule has 2 aromatic heterocycles. The maximum Gasteiger partial charge on any atom is 0.258 e. The number of nitrogens with zero attached hydrogens (tertiary/aromatic N) is 1. The fraction of sp³-hybridized carbons (Fsp3) is 0.211. The number of fused-ring (bicyclic) bond motifs is 1. The lowest BCUT2D eigenvalue weighted by Crippen LogP contribution is -2.32. The normalized spacial score (nSPS) is 16.0. The van der Waals surface area contributed by atoms with E-state index in [4.69, 9.17) is 21.1 Å². The summed E-state index contributed by atoms with van der Waals surface area (Å²) in [5, 5.41) is 12.1. The zero-order valence-corrected chi connectivity index (χ0v) is 15.1. The van der Waals surface area contributed by atoms with E-state index in [1.54, 1.807) is 17.5 Å². The quantitative estimate of drug-likeness (QED) is 0.730. The van der Waals surface area contributed by atoms with Crippen LogP contribution in [-0.4, -0.2) is 29.4 Å². The number of aliphatic hydroxyl groups excluding tert-OH is 1. The zero-order chi connectivity index (χ0) is 17.4. The Hall–Kier alpha value is -2.08. The molecule has 1 unspecified atom stereocenters. The molecule has 25 heavy (non-hydrogen) atoms. The van der Waals surface area contributed by atoms with E-state index in [0.717, 1.165) is 32.2 Å². The SMILES string of the molecule is Cc1ccc(-c2cc(-c3ccnc4c3OCC(CO)O4)cs2)c(Cl)c1. The standard InChI is InChI=1S/C19H16ClNO3S/c1-11-2-3-15(16(20)6-11)17-7-12(10-25-17)14-4-5-21-19-18(14)23-9-13(8-22)24-19/h2-7,10,13,22H,8-9H2,1H3. The number of halogens is 1. The first-order chi connectivity index (χ1) is 12.2. The molecule has 0 radical (unpaired) electrons. The monoisotopic (exact) mass is 373 g/mol. The number of hydrogen-bond donors (Lipinski definition) is 1. The van der Waals surface area contributed by atoms with Crippen LogP contribution in [-0.2, 0) is 0 Å². The van der Waals surface area contributed by atoms with E-state index < -0.39 is 0 Å². The molecule has 3 heterocycles. The number of thiophene rings is 1. The second kappa shape index (κ2) is 6.67. The first-order valence-electron chi connectivity index (χ1n) is 7.90. The predicted octanol–water partition coefficient (Wildman–Crippen LogP) is 4.57. The summed E-state index contributed by atoms with van der Waals surface area (Å²) < 4.78 is 11.5. The van der Waals surface area contributed by atoms with Gasteiger partial charge in [-0.1, -0.05) is 23.7 Å². The molecule has 3 aromatic rings. The lowest BCUT2D eigenvalue weighted by Gasteiger charge is -2.25. The smallest absolute Gasteiger partial charge is 0.258 e. The minimum atomic E-state index is -0.375. The van der Waals surface area contributed by atoms with Gasteiger partial charge in [-0.2, -0.15) is 0 Å². The topological polar surface area (TPSA) is 51.6 Å². The first kappa shape index (κ1) is 16.4. The molecule has 1 atom stereocenters. The number of ether oxygens (including phenoxy) is 2. The van der Waals surface area contributed by atoms with E-state index in [-0.39, 0.29) is 12.7 Å². The summed E-state index contributed by atoms with van der Waals surface area (Å²) in [6, 6.07) is 10.1. The summed E-state index contributed by atoms with van der Waals surface area (Å²) in [4.78, 5) is 5.31. The predicted molar refractivity (Wildman–Crippen MR) is 99.7 cm³/mol. The number of aliphatic hydroxyl groups is 1. The molecule has 0 fully saturated rings. The van der Waals surface area contributed by atoms with Crippen molar-refractivity contribution >= 4 is 22.9 Å². The van der Waals surface area contributed by atoms with Gasteiger partial charge < -0.3 is 14.6 Å². The van der Waals surface area contributed by atoms with Crippen LogP contribution in [0.3, 0.4) is 0 Å². The van der Waals surface area contributed by atoms with Crippen LogP contribution in [0.5, 0.6) is 11.6 Å².